The average molecular weight is 297 g/mol. The van der Waals surface area contributed by atoms with E-state index >= 15 is 0 Å². The molecule has 0 spiro atoms. The van der Waals surface area contributed by atoms with E-state index in [0.717, 1.165) is 5.75 Å². The van der Waals surface area contributed by atoms with Crippen molar-refractivity contribution in [1.29, 1.82) is 0 Å². The van der Waals surface area contributed by atoms with Crippen LogP contribution in [0.5, 0.6) is 5.75 Å². The van der Waals surface area contributed by atoms with E-state index in [1.165, 1.54) is 11.1 Å². The van der Waals surface area contributed by atoms with Crippen LogP contribution < -0.4 is 10.1 Å². The van der Waals surface area contributed by atoms with E-state index in [-0.39, 0.29) is 11.9 Å². The van der Waals surface area contributed by atoms with Crippen molar-refractivity contribution in [2.75, 3.05) is 6.54 Å². The maximum atomic E-state index is 12.1. The van der Waals surface area contributed by atoms with Crippen LogP contribution in [0.15, 0.2) is 48.5 Å². The fourth-order valence-electron chi connectivity index (χ4n) is 2.12. The van der Waals surface area contributed by atoms with Crippen LogP contribution in [-0.4, -0.2) is 18.4 Å². The van der Waals surface area contributed by atoms with Crippen molar-refractivity contribution in [2.45, 2.75) is 33.4 Å². The van der Waals surface area contributed by atoms with Gasteiger partial charge in [0.15, 0.2) is 5.78 Å². The predicted molar refractivity (Wildman–Crippen MR) is 89.4 cm³/mol. The van der Waals surface area contributed by atoms with Gasteiger partial charge in [-0.25, -0.2) is 0 Å². The largest absolute Gasteiger partial charge is 0.491 e. The van der Waals surface area contributed by atoms with E-state index < -0.39 is 0 Å². The van der Waals surface area contributed by atoms with E-state index in [0.29, 0.717) is 18.7 Å². The number of carbonyl (C=O) groups is 1. The molecule has 116 valence electrons. The van der Waals surface area contributed by atoms with Gasteiger partial charge in [0.25, 0.3) is 0 Å². The van der Waals surface area contributed by atoms with Gasteiger partial charge in [0.1, 0.15) is 5.75 Å². The number of aryl methyl sites for hydroxylation is 1. The van der Waals surface area contributed by atoms with Gasteiger partial charge in [-0.15, -0.1) is 0 Å². The topological polar surface area (TPSA) is 38.3 Å². The van der Waals surface area contributed by atoms with Gasteiger partial charge in [-0.05, 0) is 50.6 Å². The van der Waals surface area contributed by atoms with Crippen LogP contribution in [0, 0.1) is 6.92 Å². The lowest BCUT2D eigenvalue weighted by Crippen LogP contribution is -2.22. The second-order valence-electron chi connectivity index (χ2n) is 5.70. The van der Waals surface area contributed by atoms with E-state index in [1.807, 2.05) is 38.1 Å². The molecular formula is C19H23NO2. The summed E-state index contributed by atoms with van der Waals surface area (Å²) in [5.41, 5.74) is 3.12. The normalized spacial score (nSPS) is 10.7. The second kappa shape index (κ2) is 7.76. The summed E-state index contributed by atoms with van der Waals surface area (Å²) in [6, 6.07) is 15.6. The smallest absolute Gasteiger partial charge is 0.176 e. The molecule has 0 aromatic heterocycles. The minimum Gasteiger partial charge on any atom is -0.491 e. The molecule has 0 saturated heterocycles. The van der Waals surface area contributed by atoms with Gasteiger partial charge in [-0.1, -0.05) is 29.8 Å². The first-order valence-corrected chi connectivity index (χ1v) is 7.61. The van der Waals surface area contributed by atoms with Crippen LogP contribution in [0.3, 0.4) is 0 Å². The number of benzene rings is 2. The number of hydrogen-bond acceptors (Lipinski definition) is 3. The Hall–Kier alpha value is -2.13. The summed E-state index contributed by atoms with van der Waals surface area (Å²) in [4.78, 5) is 12.1. The molecule has 22 heavy (non-hydrogen) atoms. The van der Waals surface area contributed by atoms with Crippen molar-refractivity contribution < 1.29 is 9.53 Å². The zero-order chi connectivity index (χ0) is 15.9. The third kappa shape index (κ3) is 5.01. The fourth-order valence-corrected chi connectivity index (χ4v) is 2.12. The highest BCUT2D eigenvalue weighted by molar-refractivity contribution is 5.97. The molecule has 0 atom stereocenters. The molecule has 0 saturated carbocycles. The van der Waals surface area contributed by atoms with Crippen LogP contribution >= 0.6 is 0 Å². The van der Waals surface area contributed by atoms with Gasteiger partial charge in [0.2, 0.25) is 0 Å². The van der Waals surface area contributed by atoms with Gasteiger partial charge in [0.05, 0.1) is 12.6 Å². The number of ether oxygens (including phenoxy) is 1. The molecule has 0 amide bonds. The van der Waals surface area contributed by atoms with Crippen molar-refractivity contribution >= 4 is 5.78 Å². The average Bonchev–Trinajstić information content (AvgIpc) is 2.49. The molecule has 3 heteroatoms. The number of carbonyl (C=O) groups excluding carboxylic acids is 1. The lowest BCUT2D eigenvalue weighted by molar-refractivity contribution is 0.0991. The first kappa shape index (κ1) is 16.2. The van der Waals surface area contributed by atoms with E-state index in [2.05, 4.69) is 36.5 Å². The zero-order valence-electron chi connectivity index (χ0n) is 13.4. The Morgan fingerprint density at radius 1 is 1.05 bits per heavy atom. The Morgan fingerprint density at radius 2 is 1.68 bits per heavy atom. The van der Waals surface area contributed by atoms with Crippen molar-refractivity contribution in [3.8, 4) is 5.75 Å². The Morgan fingerprint density at radius 3 is 2.27 bits per heavy atom. The third-order valence-electron chi connectivity index (χ3n) is 3.28. The number of nitrogens with one attached hydrogen (secondary N) is 1. The first-order valence-electron chi connectivity index (χ1n) is 7.61. The van der Waals surface area contributed by atoms with Crippen LogP contribution in [0.1, 0.15) is 35.3 Å². The van der Waals surface area contributed by atoms with Gasteiger partial charge >= 0.3 is 0 Å². The molecule has 0 heterocycles. The summed E-state index contributed by atoms with van der Waals surface area (Å²) in [7, 11) is 0. The monoisotopic (exact) mass is 297 g/mol. The van der Waals surface area contributed by atoms with Crippen LogP contribution in [0.4, 0.5) is 0 Å². The van der Waals surface area contributed by atoms with E-state index in [1.54, 1.807) is 0 Å². The van der Waals surface area contributed by atoms with Crippen molar-refractivity contribution in [3.63, 3.8) is 0 Å². The van der Waals surface area contributed by atoms with E-state index in [4.69, 9.17) is 4.74 Å². The van der Waals surface area contributed by atoms with Gasteiger partial charge in [-0.3, -0.25) is 4.79 Å². The summed E-state index contributed by atoms with van der Waals surface area (Å²) >= 11 is 0. The molecule has 2 aromatic carbocycles. The summed E-state index contributed by atoms with van der Waals surface area (Å²) in [5.74, 6) is 0.877. The molecule has 0 aliphatic heterocycles. The summed E-state index contributed by atoms with van der Waals surface area (Å²) in [6.07, 6.45) is 0.137. The highest BCUT2D eigenvalue weighted by atomic mass is 16.5. The number of rotatable bonds is 7. The molecule has 2 aromatic rings. The van der Waals surface area contributed by atoms with Crippen LogP contribution in [-0.2, 0) is 6.54 Å². The number of ketones is 1. The number of hydrogen-bond donors (Lipinski definition) is 1. The third-order valence-corrected chi connectivity index (χ3v) is 3.28. The Balaban J connectivity index is 1.83. The first-order chi connectivity index (χ1) is 10.5. The molecule has 0 bridgehead atoms. The molecule has 0 fully saturated rings. The highest BCUT2D eigenvalue weighted by Crippen LogP contribution is 2.14. The molecule has 0 aliphatic carbocycles. The Bertz CT molecular complexity index is 600. The molecule has 0 unspecified atom stereocenters. The molecule has 0 radical (unpaired) electrons. The molecule has 1 N–H and O–H groups in total. The summed E-state index contributed by atoms with van der Waals surface area (Å²) in [5, 5.41) is 3.19. The molecule has 2 rings (SSSR count). The minimum atomic E-state index is 0.0863. The lowest BCUT2D eigenvalue weighted by atomic mass is 10.1. The van der Waals surface area contributed by atoms with Gasteiger partial charge < -0.3 is 10.1 Å². The minimum absolute atomic E-state index is 0.0863. The highest BCUT2D eigenvalue weighted by Gasteiger charge is 2.06. The van der Waals surface area contributed by atoms with Gasteiger partial charge in [-0.2, -0.15) is 0 Å². The quantitative estimate of drug-likeness (QED) is 0.791. The zero-order valence-corrected chi connectivity index (χ0v) is 13.4. The second-order valence-corrected chi connectivity index (χ2v) is 5.70. The maximum absolute atomic E-state index is 12.1. The molecule has 3 nitrogen and oxygen atoms in total. The van der Waals surface area contributed by atoms with E-state index in [9.17, 15) is 4.79 Å². The summed E-state index contributed by atoms with van der Waals surface area (Å²) in [6.45, 7) is 7.05. The predicted octanol–water partition coefficient (Wildman–Crippen LogP) is 3.75. The standard InChI is InChI=1S/C19H23NO2/c1-14(2)22-18-10-8-17(9-11-18)19(21)13-20-12-16-6-4-15(3)5-7-16/h4-11,14,20H,12-13H2,1-3H3. The van der Waals surface area contributed by atoms with Gasteiger partial charge in [0, 0.05) is 12.1 Å². The van der Waals surface area contributed by atoms with Crippen LogP contribution in [0.25, 0.3) is 0 Å². The lowest BCUT2D eigenvalue weighted by Gasteiger charge is -2.10. The van der Waals surface area contributed by atoms with Crippen molar-refractivity contribution in [2.24, 2.45) is 0 Å². The maximum Gasteiger partial charge on any atom is 0.176 e. The Kier molecular flexibility index (Phi) is 5.73. The van der Waals surface area contributed by atoms with Crippen molar-refractivity contribution in [1.82, 2.24) is 5.32 Å². The number of Topliss-reactive ketones (excluding diaryl/α,β-unsaturated/α-hetero) is 1. The molecule has 0 aliphatic rings. The SMILES string of the molecule is Cc1ccc(CNCC(=O)c2ccc(OC(C)C)cc2)cc1. The van der Waals surface area contributed by atoms with Crippen LogP contribution in [0.2, 0.25) is 0 Å². The molecular weight excluding hydrogens is 274 g/mol. The van der Waals surface area contributed by atoms with Crippen molar-refractivity contribution in [3.05, 3.63) is 65.2 Å². The fraction of sp³-hybridized carbons (Fsp3) is 0.316. The summed E-state index contributed by atoms with van der Waals surface area (Å²) < 4.78 is 5.57. The Labute approximate surface area is 132 Å².